The summed E-state index contributed by atoms with van der Waals surface area (Å²) in [5.41, 5.74) is 2.20. The van der Waals surface area contributed by atoms with E-state index in [1.165, 1.54) is 19.3 Å². The molecule has 2 aromatic rings. The highest BCUT2D eigenvalue weighted by molar-refractivity contribution is 6.31. The molecular formula is C21H26ClN3O2. The Bertz CT molecular complexity index is 841. The lowest BCUT2D eigenvalue weighted by Crippen LogP contribution is -2.40. The van der Waals surface area contributed by atoms with Crippen molar-refractivity contribution in [2.75, 3.05) is 13.1 Å². The monoisotopic (exact) mass is 387 g/mol. The fourth-order valence-electron chi connectivity index (χ4n) is 4.34. The van der Waals surface area contributed by atoms with Gasteiger partial charge < -0.3 is 15.2 Å². The molecule has 1 aromatic heterocycles. The van der Waals surface area contributed by atoms with E-state index >= 15 is 0 Å². The first kappa shape index (κ1) is 18.4. The van der Waals surface area contributed by atoms with Crippen LogP contribution in [0, 0.1) is 5.92 Å². The van der Waals surface area contributed by atoms with Gasteiger partial charge in [0.05, 0.1) is 5.92 Å². The van der Waals surface area contributed by atoms with Crippen LogP contribution in [0.25, 0.3) is 10.9 Å². The van der Waals surface area contributed by atoms with Crippen LogP contribution in [0.15, 0.2) is 24.4 Å². The molecule has 1 aliphatic carbocycles. The minimum atomic E-state index is -0.211. The van der Waals surface area contributed by atoms with Gasteiger partial charge in [-0.25, -0.2) is 0 Å². The maximum atomic E-state index is 12.5. The van der Waals surface area contributed by atoms with Crippen LogP contribution in [0.5, 0.6) is 0 Å². The van der Waals surface area contributed by atoms with Gasteiger partial charge in [0, 0.05) is 47.7 Å². The maximum absolute atomic E-state index is 12.5. The summed E-state index contributed by atoms with van der Waals surface area (Å²) < 4.78 is 0. The molecule has 1 atom stereocenters. The van der Waals surface area contributed by atoms with Crippen LogP contribution in [-0.4, -0.2) is 40.8 Å². The number of fused-ring (bicyclic) bond motifs is 1. The lowest BCUT2D eigenvalue weighted by atomic mass is 9.95. The van der Waals surface area contributed by atoms with Gasteiger partial charge in [0.15, 0.2) is 0 Å². The molecule has 2 N–H and O–H groups in total. The van der Waals surface area contributed by atoms with Crippen LogP contribution in [-0.2, 0) is 16.0 Å². The molecule has 0 radical (unpaired) electrons. The van der Waals surface area contributed by atoms with Crippen molar-refractivity contribution in [2.24, 2.45) is 5.92 Å². The number of nitrogens with one attached hydrogen (secondary N) is 2. The minimum absolute atomic E-state index is 0.0524. The van der Waals surface area contributed by atoms with E-state index in [0.717, 1.165) is 35.7 Å². The van der Waals surface area contributed by atoms with E-state index in [4.69, 9.17) is 11.6 Å². The van der Waals surface area contributed by atoms with E-state index in [2.05, 4.69) is 10.3 Å². The van der Waals surface area contributed by atoms with Crippen LogP contribution >= 0.6 is 11.6 Å². The van der Waals surface area contributed by atoms with Crippen molar-refractivity contribution in [3.63, 3.8) is 0 Å². The predicted molar refractivity (Wildman–Crippen MR) is 107 cm³/mol. The summed E-state index contributed by atoms with van der Waals surface area (Å²) in [6, 6.07) is 6.08. The number of likely N-dealkylation sites (tertiary alicyclic amines) is 1. The third-order valence-corrected chi connectivity index (χ3v) is 6.15. The van der Waals surface area contributed by atoms with Crippen LogP contribution < -0.4 is 5.32 Å². The van der Waals surface area contributed by atoms with E-state index in [9.17, 15) is 9.59 Å². The second-order valence-electron chi connectivity index (χ2n) is 7.84. The molecule has 0 bridgehead atoms. The van der Waals surface area contributed by atoms with Crippen molar-refractivity contribution in [1.82, 2.24) is 15.2 Å². The lowest BCUT2D eigenvalue weighted by molar-refractivity contribution is -0.129. The van der Waals surface area contributed by atoms with Crippen molar-refractivity contribution in [3.8, 4) is 0 Å². The van der Waals surface area contributed by atoms with Crippen LogP contribution in [0.2, 0.25) is 5.02 Å². The Morgan fingerprint density at radius 2 is 2.07 bits per heavy atom. The van der Waals surface area contributed by atoms with Crippen LogP contribution in [0.1, 0.15) is 44.1 Å². The Balaban J connectivity index is 1.33. The van der Waals surface area contributed by atoms with Crippen molar-refractivity contribution in [3.05, 3.63) is 35.0 Å². The highest BCUT2D eigenvalue weighted by Crippen LogP contribution is 2.25. The standard InChI is InChI=1S/C21H26ClN3O2/c22-16-6-7-19-18(11-16)14(12-23-19)8-9-25-13-15(10-20(25)26)21(27)24-17-4-2-1-3-5-17/h6-7,11-12,15,17,23H,1-5,8-10,13H2,(H,24,27)/t15-/m1/s1. The van der Waals surface area contributed by atoms with Gasteiger partial charge in [-0.3, -0.25) is 9.59 Å². The second kappa shape index (κ2) is 7.93. The number of carbonyl (C=O) groups is 2. The Kier molecular flexibility index (Phi) is 5.39. The first-order valence-electron chi connectivity index (χ1n) is 9.94. The number of aromatic nitrogens is 1. The Labute approximate surface area is 164 Å². The van der Waals surface area contributed by atoms with Gasteiger partial charge in [0.1, 0.15) is 0 Å². The third-order valence-electron chi connectivity index (χ3n) is 5.92. The molecule has 1 saturated heterocycles. The van der Waals surface area contributed by atoms with Gasteiger partial charge in [-0.05, 0) is 43.0 Å². The molecule has 144 valence electrons. The second-order valence-corrected chi connectivity index (χ2v) is 8.27. The van der Waals surface area contributed by atoms with E-state index < -0.39 is 0 Å². The van der Waals surface area contributed by atoms with Gasteiger partial charge in [-0.1, -0.05) is 30.9 Å². The number of carbonyl (C=O) groups excluding carboxylic acids is 2. The summed E-state index contributed by atoms with van der Waals surface area (Å²) in [6.07, 6.45) is 8.85. The van der Waals surface area contributed by atoms with Gasteiger partial charge >= 0.3 is 0 Å². The highest BCUT2D eigenvalue weighted by atomic mass is 35.5. The molecule has 4 rings (SSSR count). The lowest BCUT2D eigenvalue weighted by Gasteiger charge is -2.24. The number of nitrogens with zero attached hydrogens (tertiary/aromatic N) is 1. The van der Waals surface area contributed by atoms with E-state index in [0.29, 0.717) is 30.6 Å². The van der Waals surface area contributed by atoms with Crippen molar-refractivity contribution in [1.29, 1.82) is 0 Å². The summed E-state index contributed by atoms with van der Waals surface area (Å²) in [7, 11) is 0. The Morgan fingerprint density at radius 3 is 2.89 bits per heavy atom. The molecule has 2 heterocycles. The predicted octanol–water partition coefficient (Wildman–Crippen LogP) is 3.66. The molecule has 1 aliphatic heterocycles. The molecule has 1 aromatic carbocycles. The zero-order chi connectivity index (χ0) is 18.8. The third kappa shape index (κ3) is 4.13. The van der Waals surface area contributed by atoms with E-state index in [-0.39, 0.29) is 17.7 Å². The first-order chi connectivity index (χ1) is 13.1. The summed E-state index contributed by atoms with van der Waals surface area (Å²) >= 11 is 6.11. The molecule has 0 unspecified atom stereocenters. The summed E-state index contributed by atoms with van der Waals surface area (Å²) in [6.45, 7) is 1.16. The molecule has 6 heteroatoms. The molecule has 2 aliphatic rings. The topological polar surface area (TPSA) is 65.2 Å². The largest absolute Gasteiger partial charge is 0.361 e. The number of hydrogen-bond acceptors (Lipinski definition) is 2. The number of H-pyrrole nitrogens is 1. The average Bonchev–Trinajstić information content (AvgIpc) is 3.24. The van der Waals surface area contributed by atoms with Crippen molar-refractivity contribution < 1.29 is 9.59 Å². The number of hydrogen-bond donors (Lipinski definition) is 2. The molecule has 27 heavy (non-hydrogen) atoms. The van der Waals surface area contributed by atoms with Gasteiger partial charge in [0.2, 0.25) is 11.8 Å². The quantitative estimate of drug-likeness (QED) is 0.822. The number of benzene rings is 1. The Morgan fingerprint density at radius 1 is 1.26 bits per heavy atom. The van der Waals surface area contributed by atoms with Crippen LogP contribution in [0.4, 0.5) is 0 Å². The minimum Gasteiger partial charge on any atom is -0.361 e. The van der Waals surface area contributed by atoms with Gasteiger partial charge in [-0.2, -0.15) is 0 Å². The molecule has 2 fully saturated rings. The number of halogens is 1. The summed E-state index contributed by atoms with van der Waals surface area (Å²) in [4.78, 5) is 30.0. The molecule has 1 saturated carbocycles. The number of aromatic amines is 1. The number of amides is 2. The zero-order valence-electron chi connectivity index (χ0n) is 15.5. The Hall–Kier alpha value is -2.01. The molecule has 5 nitrogen and oxygen atoms in total. The maximum Gasteiger partial charge on any atom is 0.225 e. The van der Waals surface area contributed by atoms with E-state index in [1.54, 1.807) is 0 Å². The van der Waals surface area contributed by atoms with Gasteiger partial charge in [0.25, 0.3) is 0 Å². The summed E-state index contributed by atoms with van der Waals surface area (Å²) in [5.74, 6) is -0.0786. The smallest absolute Gasteiger partial charge is 0.225 e. The van der Waals surface area contributed by atoms with Gasteiger partial charge in [-0.15, -0.1) is 0 Å². The fraction of sp³-hybridized carbons (Fsp3) is 0.524. The SMILES string of the molecule is O=C(NC1CCCCC1)[C@@H]1CC(=O)N(CCc2c[nH]c3ccc(Cl)cc23)C1. The van der Waals surface area contributed by atoms with Crippen LogP contribution in [0.3, 0.4) is 0 Å². The molecule has 0 spiro atoms. The molecular weight excluding hydrogens is 362 g/mol. The normalized spacial score (nSPS) is 21.1. The fourth-order valence-corrected chi connectivity index (χ4v) is 4.51. The van der Waals surface area contributed by atoms with Crippen molar-refractivity contribution in [2.45, 2.75) is 51.0 Å². The average molecular weight is 388 g/mol. The van der Waals surface area contributed by atoms with Crippen molar-refractivity contribution >= 4 is 34.3 Å². The summed E-state index contributed by atoms with van der Waals surface area (Å²) in [5, 5.41) is 4.97. The highest BCUT2D eigenvalue weighted by Gasteiger charge is 2.34. The molecule has 2 amide bonds. The van der Waals surface area contributed by atoms with E-state index in [1.807, 2.05) is 29.3 Å². The number of rotatable bonds is 5. The first-order valence-corrected chi connectivity index (χ1v) is 10.3. The zero-order valence-corrected chi connectivity index (χ0v) is 16.2.